The van der Waals surface area contributed by atoms with Gasteiger partial charge in [-0.05, 0) is 23.7 Å². The lowest BCUT2D eigenvalue weighted by molar-refractivity contribution is 0.00558. The molecule has 0 heterocycles. The molecular formula is C11H22O. The van der Waals surface area contributed by atoms with Gasteiger partial charge in [0.1, 0.15) is 0 Å². The zero-order valence-corrected chi connectivity index (χ0v) is 8.94. The first kappa shape index (κ1) is 10.0. The van der Waals surface area contributed by atoms with E-state index in [0.29, 0.717) is 10.8 Å². The Labute approximate surface area is 76.5 Å². The van der Waals surface area contributed by atoms with Gasteiger partial charge in [0.2, 0.25) is 0 Å². The van der Waals surface area contributed by atoms with Crippen LogP contribution in [-0.4, -0.2) is 13.7 Å². The van der Waals surface area contributed by atoms with Crippen molar-refractivity contribution >= 4 is 0 Å². The summed E-state index contributed by atoms with van der Waals surface area (Å²) in [6.07, 6.45) is 5.57. The van der Waals surface area contributed by atoms with Crippen molar-refractivity contribution in [3.63, 3.8) is 0 Å². The fourth-order valence-corrected chi connectivity index (χ4v) is 2.37. The minimum atomic E-state index is 0.345. The van der Waals surface area contributed by atoms with Crippen LogP contribution in [0.2, 0.25) is 0 Å². The third-order valence-corrected chi connectivity index (χ3v) is 3.85. The Balaban J connectivity index is 2.64. The van der Waals surface area contributed by atoms with Gasteiger partial charge in [0.05, 0.1) is 6.61 Å². The molecule has 1 heteroatoms. The van der Waals surface area contributed by atoms with Crippen LogP contribution in [0.3, 0.4) is 0 Å². The van der Waals surface area contributed by atoms with E-state index < -0.39 is 0 Å². The Morgan fingerprint density at radius 1 is 1.25 bits per heavy atom. The van der Waals surface area contributed by atoms with Crippen molar-refractivity contribution in [3.05, 3.63) is 0 Å². The van der Waals surface area contributed by atoms with Gasteiger partial charge in [-0.1, -0.05) is 33.6 Å². The Hall–Kier alpha value is -0.0400. The highest BCUT2D eigenvalue weighted by Gasteiger charge is 2.42. The fraction of sp³-hybridized carbons (Fsp3) is 1.00. The Morgan fingerprint density at radius 2 is 1.75 bits per heavy atom. The number of hydrogen-bond donors (Lipinski definition) is 0. The summed E-state index contributed by atoms with van der Waals surface area (Å²) in [4.78, 5) is 0. The summed E-state index contributed by atoms with van der Waals surface area (Å²) >= 11 is 0. The van der Waals surface area contributed by atoms with E-state index in [2.05, 4.69) is 20.8 Å². The van der Waals surface area contributed by atoms with Crippen molar-refractivity contribution in [2.24, 2.45) is 10.8 Å². The van der Waals surface area contributed by atoms with Gasteiger partial charge >= 0.3 is 0 Å². The van der Waals surface area contributed by atoms with Gasteiger partial charge in [0.25, 0.3) is 0 Å². The molecule has 0 bridgehead atoms. The van der Waals surface area contributed by atoms with Crippen LogP contribution in [0.25, 0.3) is 0 Å². The van der Waals surface area contributed by atoms with Crippen LogP contribution < -0.4 is 0 Å². The fourth-order valence-electron chi connectivity index (χ4n) is 2.37. The third kappa shape index (κ3) is 1.66. The maximum absolute atomic E-state index is 5.28. The highest BCUT2D eigenvalue weighted by atomic mass is 16.5. The molecule has 0 unspecified atom stereocenters. The molecule has 0 saturated heterocycles. The molecule has 0 atom stereocenters. The summed E-state index contributed by atoms with van der Waals surface area (Å²) in [6.45, 7) is 7.98. The highest BCUT2D eigenvalue weighted by Crippen LogP contribution is 2.50. The van der Waals surface area contributed by atoms with E-state index in [1.54, 1.807) is 7.11 Å². The molecular weight excluding hydrogens is 148 g/mol. The van der Waals surface area contributed by atoms with Crippen molar-refractivity contribution in [3.8, 4) is 0 Å². The van der Waals surface area contributed by atoms with Gasteiger partial charge in [-0.2, -0.15) is 0 Å². The molecule has 0 radical (unpaired) electrons. The molecule has 0 aliphatic heterocycles. The minimum Gasteiger partial charge on any atom is -0.384 e. The lowest BCUT2D eigenvalue weighted by Gasteiger charge is -2.41. The van der Waals surface area contributed by atoms with E-state index in [0.717, 1.165) is 6.61 Å². The first-order valence-electron chi connectivity index (χ1n) is 5.01. The molecule has 1 nitrogen and oxygen atoms in total. The van der Waals surface area contributed by atoms with Gasteiger partial charge in [-0.3, -0.25) is 0 Å². The number of rotatable bonds is 3. The molecule has 72 valence electrons. The number of methoxy groups -OCH3 is 1. The molecule has 0 aromatic rings. The van der Waals surface area contributed by atoms with E-state index in [9.17, 15) is 0 Å². The summed E-state index contributed by atoms with van der Waals surface area (Å²) in [7, 11) is 1.81. The maximum atomic E-state index is 5.28. The van der Waals surface area contributed by atoms with Gasteiger partial charge in [0, 0.05) is 7.11 Å². The average Bonchev–Trinajstić information content (AvgIpc) is 2.37. The van der Waals surface area contributed by atoms with Crippen LogP contribution in [0.5, 0.6) is 0 Å². The van der Waals surface area contributed by atoms with E-state index in [4.69, 9.17) is 4.74 Å². The van der Waals surface area contributed by atoms with Crippen molar-refractivity contribution in [1.82, 2.24) is 0 Å². The summed E-state index contributed by atoms with van der Waals surface area (Å²) in [5.41, 5.74) is 0.862. The molecule has 0 N–H and O–H groups in total. The molecule has 1 saturated carbocycles. The Morgan fingerprint density at radius 3 is 2.17 bits per heavy atom. The monoisotopic (exact) mass is 170 g/mol. The molecule has 1 rings (SSSR count). The highest BCUT2D eigenvalue weighted by molar-refractivity contribution is 4.92. The second-order valence-corrected chi connectivity index (χ2v) is 5.08. The van der Waals surface area contributed by atoms with Crippen LogP contribution >= 0.6 is 0 Å². The molecule has 0 aromatic carbocycles. The smallest absolute Gasteiger partial charge is 0.0518 e. The topological polar surface area (TPSA) is 9.23 Å². The second-order valence-electron chi connectivity index (χ2n) is 5.08. The lowest BCUT2D eigenvalue weighted by atomic mass is 9.66. The minimum absolute atomic E-state index is 0.345. The van der Waals surface area contributed by atoms with Crippen molar-refractivity contribution in [2.75, 3.05) is 13.7 Å². The molecule has 1 aliphatic rings. The third-order valence-electron chi connectivity index (χ3n) is 3.85. The standard InChI is InChI=1S/C11H22O/c1-10(2,9-12-4)11(3)7-5-6-8-11/h5-9H2,1-4H3. The quantitative estimate of drug-likeness (QED) is 0.632. The van der Waals surface area contributed by atoms with Gasteiger partial charge in [-0.15, -0.1) is 0 Å². The van der Waals surface area contributed by atoms with Crippen LogP contribution in [0.4, 0.5) is 0 Å². The summed E-state index contributed by atoms with van der Waals surface area (Å²) < 4.78 is 5.28. The molecule has 0 spiro atoms. The van der Waals surface area contributed by atoms with E-state index in [-0.39, 0.29) is 0 Å². The van der Waals surface area contributed by atoms with E-state index >= 15 is 0 Å². The summed E-state index contributed by atoms with van der Waals surface area (Å²) in [5, 5.41) is 0. The molecule has 0 amide bonds. The second kappa shape index (κ2) is 3.37. The van der Waals surface area contributed by atoms with Crippen LogP contribution in [0, 0.1) is 10.8 Å². The summed E-state index contributed by atoms with van der Waals surface area (Å²) in [5.74, 6) is 0. The average molecular weight is 170 g/mol. The van der Waals surface area contributed by atoms with Gasteiger partial charge < -0.3 is 4.74 Å². The zero-order valence-electron chi connectivity index (χ0n) is 8.94. The van der Waals surface area contributed by atoms with Gasteiger partial charge in [0.15, 0.2) is 0 Å². The number of hydrogen-bond acceptors (Lipinski definition) is 1. The van der Waals surface area contributed by atoms with Crippen LogP contribution in [0.1, 0.15) is 46.5 Å². The van der Waals surface area contributed by atoms with Crippen molar-refractivity contribution < 1.29 is 4.74 Å². The first-order valence-corrected chi connectivity index (χ1v) is 5.01. The van der Waals surface area contributed by atoms with Gasteiger partial charge in [-0.25, -0.2) is 0 Å². The molecule has 0 aromatic heterocycles. The normalized spacial score (nSPS) is 23.0. The van der Waals surface area contributed by atoms with Crippen molar-refractivity contribution in [2.45, 2.75) is 46.5 Å². The van der Waals surface area contributed by atoms with Crippen LogP contribution in [-0.2, 0) is 4.74 Å². The zero-order chi connectivity index (χ0) is 9.24. The first-order chi connectivity index (χ1) is 5.52. The van der Waals surface area contributed by atoms with Crippen molar-refractivity contribution in [1.29, 1.82) is 0 Å². The lowest BCUT2D eigenvalue weighted by Crippen LogP contribution is -2.36. The Kier molecular flexibility index (Phi) is 2.82. The van der Waals surface area contributed by atoms with Crippen LogP contribution in [0.15, 0.2) is 0 Å². The predicted molar refractivity (Wildman–Crippen MR) is 52.2 cm³/mol. The number of ether oxygens (including phenoxy) is 1. The molecule has 1 fully saturated rings. The Bertz CT molecular complexity index is 143. The predicted octanol–water partition coefficient (Wildman–Crippen LogP) is 3.24. The van der Waals surface area contributed by atoms with E-state index in [1.807, 2.05) is 0 Å². The van der Waals surface area contributed by atoms with E-state index in [1.165, 1.54) is 25.7 Å². The molecule has 12 heavy (non-hydrogen) atoms. The molecule has 1 aliphatic carbocycles. The largest absolute Gasteiger partial charge is 0.384 e. The summed E-state index contributed by atoms with van der Waals surface area (Å²) in [6, 6.07) is 0. The maximum Gasteiger partial charge on any atom is 0.0518 e. The SMILES string of the molecule is COCC(C)(C)C1(C)CCCC1.